The first-order valence-electron chi connectivity index (χ1n) is 6.61. The minimum atomic E-state index is 0.590. The second-order valence-electron chi connectivity index (χ2n) is 4.51. The smallest absolute Gasteiger partial charge is 0.0432 e. The summed E-state index contributed by atoms with van der Waals surface area (Å²) in [6.07, 6.45) is 4.36. The van der Waals surface area contributed by atoms with E-state index >= 15 is 0 Å². The maximum atomic E-state index is 5.38. The van der Waals surface area contributed by atoms with Crippen LogP contribution in [0, 0.1) is 0 Å². The van der Waals surface area contributed by atoms with Crippen LogP contribution in [-0.4, -0.2) is 22.8 Å². The van der Waals surface area contributed by atoms with E-state index in [0.717, 1.165) is 48.5 Å². The van der Waals surface area contributed by atoms with Crippen LogP contribution in [0.4, 0.5) is 0 Å². The molecule has 0 amide bonds. The highest BCUT2D eigenvalue weighted by Gasteiger charge is 2.07. The van der Waals surface area contributed by atoms with E-state index in [2.05, 4.69) is 20.4 Å². The predicted molar refractivity (Wildman–Crippen MR) is 85.5 cm³/mol. The molecule has 0 aromatic rings. The Bertz CT molecular complexity index is 394. The highest BCUT2D eigenvalue weighted by Crippen LogP contribution is 2.06. The molecule has 0 atom stereocenters. The van der Waals surface area contributed by atoms with Crippen LogP contribution in [0.5, 0.6) is 0 Å². The van der Waals surface area contributed by atoms with Crippen LogP contribution in [0.3, 0.4) is 0 Å². The van der Waals surface area contributed by atoms with E-state index < -0.39 is 0 Å². The standard InChI is InChI=1S/C12H26N8/c1-3-10(18-14)8-12(20-16)6-4-5-11(19-15)7-9(2)17-13/h3-8,13-16H2,1-2H3/b17-9-,18-10+,19-11+,20-12-. The Hall–Kier alpha value is -2.12. The molecule has 114 valence electrons. The molecule has 0 radical (unpaired) electrons. The van der Waals surface area contributed by atoms with Crippen molar-refractivity contribution < 1.29 is 0 Å². The van der Waals surface area contributed by atoms with Crippen LogP contribution in [0.25, 0.3) is 0 Å². The fourth-order valence-electron chi connectivity index (χ4n) is 1.73. The lowest BCUT2D eigenvalue weighted by Gasteiger charge is -2.07. The van der Waals surface area contributed by atoms with E-state index in [-0.39, 0.29) is 0 Å². The van der Waals surface area contributed by atoms with Gasteiger partial charge in [0.1, 0.15) is 0 Å². The summed E-state index contributed by atoms with van der Waals surface area (Å²) in [6.45, 7) is 3.83. The Morgan fingerprint density at radius 3 is 1.65 bits per heavy atom. The van der Waals surface area contributed by atoms with Gasteiger partial charge in [0.05, 0.1) is 0 Å². The molecule has 8 N–H and O–H groups in total. The van der Waals surface area contributed by atoms with Crippen molar-refractivity contribution in [1.29, 1.82) is 0 Å². The SMILES string of the molecule is CC/C(C/C(CCC/C(C/C(C)=N\N)=N\N)=N\N)=N\N. The zero-order valence-electron chi connectivity index (χ0n) is 12.3. The summed E-state index contributed by atoms with van der Waals surface area (Å²) in [4.78, 5) is 0. The van der Waals surface area contributed by atoms with Gasteiger partial charge in [0.15, 0.2) is 0 Å². The normalized spacial score (nSPS) is 14.7. The summed E-state index contributed by atoms with van der Waals surface area (Å²) in [5, 5.41) is 14.9. The topological polar surface area (TPSA) is 154 Å². The Morgan fingerprint density at radius 1 is 0.750 bits per heavy atom. The van der Waals surface area contributed by atoms with Crippen molar-refractivity contribution in [3.05, 3.63) is 0 Å². The first-order chi connectivity index (χ1) is 9.60. The second kappa shape index (κ2) is 10.8. The zero-order valence-corrected chi connectivity index (χ0v) is 12.3. The number of rotatable bonds is 9. The predicted octanol–water partition coefficient (Wildman–Crippen LogP) is 0.626. The van der Waals surface area contributed by atoms with Crippen molar-refractivity contribution in [3.8, 4) is 0 Å². The van der Waals surface area contributed by atoms with Gasteiger partial charge in [-0.15, -0.1) is 0 Å². The minimum absolute atomic E-state index is 0.590. The van der Waals surface area contributed by atoms with E-state index in [0.29, 0.717) is 12.8 Å². The first-order valence-corrected chi connectivity index (χ1v) is 6.61. The van der Waals surface area contributed by atoms with E-state index in [9.17, 15) is 0 Å². The summed E-state index contributed by atoms with van der Waals surface area (Å²) in [6, 6.07) is 0. The molecule has 8 heteroatoms. The van der Waals surface area contributed by atoms with Gasteiger partial charge in [-0.3, -0.25) is 0 Å². The van der Waals surface area contributed by atoms with Crippen molar-refractivity contribution in [2.75, 3.05) is 0 Å². The molecule has 0 saturated carbocycles. The van der Waals surface area contributed by atoms with E-state index in [1.807, 2.05) is 13.8 Å². The van der Waals surface area contributed by atoms with Gasteiger partial charge in [-0.2, -0.15) is 20.4 Å². The Balaban J connectivity index is 4.26. The summed E-state index contributed by atoms with van der Waals surface area (Å²) < 4.78 is 0. The van der Waals surface area contributed by atoms with Crippen LogP contribution in [-0.2, 0) is 0 Å². The van der Waals surface area contributed by atoms with Crippen LogP contribution in [0.1, 0.15) is 52.4 Å². The van der Waals surface area contributed by atoms with Gasteiger partial charge in [0, 0.05) is 35.7 Å². The van der Waals surface area contributed by atoms with E-state index in [1.54, 1.807) is 0 Å². The molecule has 0 bridgehead atoms. The van der Waals surface area contributed by atoms with Gasteiger partial charge in [-0.05, 0) is 32.6 Å². The third kappa shape index (κ3) is 7.34. The number of hydrogen-bond donors (Lipinski definition) is 4. The van der Waals surface area contributed by atoms with Crippen molar-refractivity contribution in [1.82, 2.24) is 0 Å². The molecule has 20 heavy (non-hydrogen) atoms. The van der Waals surface area contributed by atoms with E-state index in [1.165, 1.54) is 0 Å². The number of nitrogens with two attached hydrogens (primary N) is 4. The van der Waals surface area contributed by atoms with E-state index in [4.69, 9.17) is 23.4 Å². The number of hydrogen-bond acceptors (Lipinski definition) is 8. The molecule has 0 aliphatic heterocycles. The average molecular weight is 282 g/mol. The molecule has 0 aromatic heterocycles. The molecule has 0 fully saturated rings. The van der Waals surface area contributed by atoms with Crippen LogP contribution in [0.2, 0.25) is 0 Å². The molecule has 0 aromatic carbocycles. The highest BCUT2D eigenvalue weighted by molar-refractivity contribution is 6.05. The molecule has 0 unspecified atom stereocenters. The fourth-order valence-corrected chi connectivity index (χ4v) is 1.73. The first kappa shape index (κ1) is 17.9. The highest BCUT2D eigenvalue weighted by atomic mass is 15.1. The largest absolute Gasteiger partial charge is 0.323 e. The van der Waals surface area contributed by atoms with Crippen molar-refractivity contribution in [3.63, 3.8) is 0 Å². The molecule has 0 saturated heterocycles. The van der Waals surface area contributed by atoms with Crippen molar-refractivity contribution in [2.45, 2.75) is 52.4 Å². The minimum Gasteiger partial charge on any atom is -0.323 e. The lowest BCUT2D eigenvalue weighted by atomic mass is 10.0. The molecule has 0 aliphatic rings. The zero-order chi connectivity index (χ0) is 15.4. The third-order valence-corrected chi connectivity index (χ3v) is 2.97. The van der Waals surface area contributed by atoms with Gasteiger partial charge in [-0.1, -0.05) is 6.92 Å². The van der Waals surface area contributed by atoms with Crippen LogP contribution < -0.4 is 23.4 Å². The molecule has 0 heterocycles. The molecular formula is C12H26N8. The summed E-state index contributed by atoms with van der Waals surface area (Å²) in [5.41, 5.74) is 3.41. The van der Waals surface area contributed by atoms with Crippen molar-refractivity contribution in [2.24, 2.45) is 43.8 Å². The van der Waals surface area contributed by atoms with Crippen LogP contribution >= 0.6 is 0 Å². The molecule has 0 rings (SSSR count). The Morgan fingerprint density at radius 2 is 1.25 bits per heavy atom. The average Bonchev–Trinajstić information content (AvgIpc) is 2.49. The lowest BCUT2D eigenvalue weighted by molar-refractivity contribution is 0.892. The quantitative estimate of drug-likeness (QED) is 0.278. The second-order valence-corrected chi connectivity index (χ2v) is 4.51. The van der Waals surface area contributed by atoms with Gasteiger partial charge < -0.3 is 23.4 Å². The Labute approximate surface area is 120 Å². The summed E-state index contributed by atoms with van der Waals surface area (Å²) >= 11 is 0. The Kier molecular flexibility index (Phi) is 9.63. The maximum absolute atomic E-state index is 5.38. The lowest BCUT2D eigenvalue weighted by Crippen LogP contribution is -2.13. The molecule has 0 spiro atoms. The molecule has 0 aliphatic carbocycles. The fraction of sp³-hybridized carbons (Fsp3) is 0.667. The maximum Gasteiger partial charge on any atom is 0.0432 e. The van der Waals surface area contributed by atoms with Gasteiger partial charge in [0.2, 0.25) is 0 Å². The van der Waals surface area contributed by atoms with Gasteiger partial charge in [-0.25, -0.2) is 0 Å². The summed E-state index contributed by atoms with van der Waals surface area (Å²) in [5.74, 6) is 21.2. The summed E-state index contributed by atoms with van der Waals surface area (Å²) in [7, 11) is 0. The number of nitrogens with zero attached hydrogens (tertiary/aromatic N) is 4. The van der Waals surface area contributed by atoms with Gasteiger partial charge >= 0.3 is 0 Å². The third-order valence-electron chi connectivity index (χ3n) is 2.97. The molecular weight excluding hydrogens is 256 g/mol. The van der Waals surface area contributed by atoms with Crippen molar-refractivity contribution >= 4 is 22.8 Å². The van der Waals surface area contributed by atoms with Gasteiger partial charge in [0.25, 0.3) is 0 Å². The van der Waals surface area contributed by atoms with Crippen LogP contribution in [0.15, 0.2) is 20.4 Å². The monoisotopic (exact) mass is 282 g/mol. The number of hydrazone groups is 4. The molecule has 8 nitrogen and oxygen atoms in total.